The summed E-state index contributed by atoms with van der Waals surface area (Å²) < 4.78 is 0. The summed E-state index contributed by atoms with van der Waals surface area (Å²) in [4.78, 5) is 11.0. The summed E-state index contributed by atoms with van der Waals surface area (Å²) in [5.41, 5.74) is 3.93. The first-order valence-corrected chi connectivity index (χ1v) is 4.59. The maximum Gasteiger partial charge on any atom is 0.249 e. The Morgan fingerprint density at radius 3 is 2.75 bits per heavy atom. The van der Waals surface area contributed by atoms with E-state index in [9.17, 15) is 9.90 Å². The van der Waals surface area contributed by atoms with E-state index in [1.54, 1.807) is 0 Å². The SMILES string of the molecule is CC1CCCCCC1(O)C(N)=O. The van der Waals surface area contributed by atoms with E-state index in [1.807, 2.05) is 6.92 Å². The second-order valence-corrected chi connectivity index (χ2v) is 3.79. The normalized spacial score (nSPS) is 37.3. The monoisotopic (exact) mass is 171 g/mol. The highest BCUT2D eigenvalue weighted by Crippen LogP contribution is 2.31. The van der Waals surface area contributed by atoms with E-state index in [0.29, 0.717) is 6.42 Å². The lowest BCUT2D eigenvalue weighted by Crippen LogP contribution is -2.48. The molecule has 3 nitrogen and oxygen atoms in total. The van der Waals surface area contributed by atoms with Gasteiger partial charge in [-0.3, -0.25) is 4.79 Å². The van der Waals surface area contributed by atoms with Crippen LogP contribution in [0.25, 0.3) is 0 Å². The van der Waals surface area contributed by atoms with E-state index in [1.165, 1.54) is 0 Å². The lowest BCUT2D eigenvalue weighted by Gasteiger charge is -2.28. The third-order valence-electron chi connectivity index (χ3n) is 2.94. The molecule has 0 heterocycles. The summed E-state index contributed by atoms with van der Waals surface area (Å²) in [5, 5.41) is 9.92. The zero-order valence-corrected chi connectivity index (χ0v) is 7.55. The zero-order valence-electron chi connectivity index (χ0n) is 7.55. The molecule has 0 radical (unpaired) electrons. The Bertz CT molecular complexity index is 181. The summed E-state index contributed by atoms with van der Waals surface area (Å²) in [5.74, 6) is -0.547. The van der Waals surface area contributed by atoms with Crippen LogP contribution in [-0.4, -0.2) is 16.6 Å². The Kier molecular flexibility index (Phi) is 2.73. The Hall–Kier alpha value is -0.570. The van der Waals surface area contributed by atoms with Crippen molar-refractivity contribution >= 4 is 5.91 Å². The molecule has 1 rings (SSSR count). The second kappa shape index (κ2) is 3.44. The number of hydrogen-bond donors (Lipinski definition) is 2. The summed E-state index contributed by atoms with van der Waals surface area (Å²) in [6.45, 7) is 1.90. The van der Waals surface area contributed by atoms with E-state index >= 15 is 0 Å². The highest BCUT2D eigenvalue weighted by Gasteiger charge is 2.39. The number of amides is 1. The molecule has 12 heavy (non-hydrogen) atoms. The van der Waals surface area contributed by atoms with Crippen molar-refractivity contribution in [3.05, 3.63) is 0 Å². The smallest absolute Gasteiger partial charge is 0.249 e. The topological polar surface area (TPSA) is 63.3 Å². The number of hydrogen-bond acceptors (Lipinski definition) is 2. The van der Waals surface area contributed by atoms with Gasteiger partial charge >= 0.3 is 0 Å². The van der Waals surface area contributed by atoms with Gasteiger partial charge in [-0.1, -0.05) is 26.2 Å². The third kappa shape index (κ3) is 1.61. The summed E-state index contributed by atoms with van der Waals surface area (Å²) in [7, 11) is 0. The number of primary amides is 1. The molecule has 0 saturated heterocycles. The molecule has 0 aromatic heterocycles. The van der Waals surface area contributed by atoms with E-state index in [2.05, 4.69) is 0 Å². The zero-order chi connectivity index (χ0) is 9.19. The van der Waals surface area contributed by atoms with Crippen molar-refractivity contribution < 1.29 is 9.90 Å². The van der Waals surface area contributed by atoms with Gasteiger partial charge in [0.05, 0.1) is 0 Å². The van der Waals surface area contributed by atoms with Gasteiger partial charge < -0.3 is 10.8 Å². The van der Waals surface area contributed by atoms with Crippen LogP contribution in [-0.2, 0) is 4.79 Å². The van der Waals surface area contributed by atoms with E-state index in [4.69, 9.17) is 5.73 Å². The van der Waals surface area contributed by atoms with Gasteiger partial charge in [-0.15, -0.1) is 0 Å². The molecule has 0 bridgehead atoms. The lowest BCUT2D eigenvalue weighted by atomic mass is 9.84. The van der Waals surface area contributed by atoms with Gasteiger partial charge in [-0.25, -0.2) is 0 Å². The molecule has 0 aromatic carbocycles. The van der Waals surface area contributed by atoms with E-state index in [-0.39, 0.29) is 5.92 Å². The van der Waals surface area contributed by atoms with Gasteiger partial charge in [0.2, 0.25) is 5.91 Å². The third-order valence-corrected chi connectivity index (χ3v) is 2.94. The molecule has 1 aliphatic carbocycles. The van der Waals surface area contributed by atoms with Crippen LogP contribution in [0.3, 0.4) is 0 Å². The first kappa shape index (κ1) is 9.52. The average Bonchev–Trinajstić information content (AvgIpc) is 2.16. The van der Waals surface area contributed by atoms with Gasteiger partial charge in [0, 0.05) is 0 Å². The molecule has 0 aliphatic heterocycles. The number of carbonyl (C=O) groups excluding carboxylic acids is 1. The minimum Gasteiger partial charge on any atom is -0.380 e. The molecule has 1 amide bonds. The van der Waals surface area contributed by atoms with Gasteiger partial charge in [0.1, 0.15) is 5.60 Å². The fraction of sp³-hybridized carbons (Fsp3) is 0.889. The molecule has 0 spiro atoms. The van der Waals surface area contributed by atoms with Gasteiger partial charge in [0.25, 0.3) is 0 Å². The Morgan fingerprint density at radius 2 is 2.17 bits per heavy atom. The maximum absolute atomic E-state index is 11.0. The van der Waals surface area contributed by atoms with Crippen LogP contribution < -0.4 is 5.73 Å². The molecular formula is C9H17NO2. The molecule has 0 aromatic rings. The number of rotatable bonds is 1. The first-order chi connectivity index (χ1) is 5.57. The predicted molar refractivity (Wildman–Crippen MR) is 46.4 cm³/mol. The molecule has 1 saturated carbocycles. The highest BCUT2D eigenvalue weighted by atomic mass is 16.3. The summed E-state index contributed by atoms with van der Waals surface area (Å²) >= 11 is 0. The molecular weight excluding hydrogens is 154 g/mol. The number of carbonyl (C=O) groups is 1. The van der Waals surface area contributed by atoms with Crippen molar-refractivity contribution in [3.8, 4) is 0 Å². The van der Waals surface area contributed by atoms with Crippen molar-refractivity contribution in [1.29, 1.82) is 0 Å². The molecule has 3 heteroatoms. The van der Waals surface area contributed by atoms with Crippen LogP contribution in [0.4, 0.5) is 0 Å². The Labute approximate surface area is 72.9 Å². The van der Waals surface area contributed by atoms with Gasteiger partial charge in [-0.2, -0.15) is 0 Å². The van der Waals surface area contributed by atoms with Gasteiger partial charge in [0.15, 0.2) is 0 Å². The minimum absolute atomic E-state index is 0.0116. The molecule has 70 valence electrons. The van der Waals surface area contributed by atoms with E-state index < -0.39 is 11.5 Å². The van der Waals surface area contributed by atoms with Gasteiger partial charge in [-0.05, 0) is 18.8 Å². The second-order valence-electron chi connectivity index (χ2n) is 3.79. The quantitative estimate of drug-likeness (QED) is 0.573. The van der Waals surface area contributed by atoms with Crippen LogP contribution in [0.15, 0.2) is 0 Å². The summed E-state index contributed by atoms with van der Waals surface area (Å²) in [6.07, 6.45) is 4.53. The maximum atomic E-state index is 11.0. The fourth-order valence-corrected chi connectivity index (χ4v) is 1.87. The molecule has 2 unspecified atom stereocenters. The average molecular weight is 171 g/mol. The Morgan fingerprint density at radius 1 is 1.50 bits per heavy atom. The fourth-order valence-electron chi connectivity index (χ4n) is 1.87. The standard InChI is InChI=1S/C9H17NO2/c1-7-5-3-2-4-6-9(7,12)8(10)11/h7,12H,2-6H2,1H3,(H2,10,11). The van der Waals surface area contributed by atoms with E-state index in [0.717, 1.165) is 25.7 Å². The van der Waals surface area contributed by atoms with Crippen molar-refractivity contribution in [1.82, 2.24) is 0 Å². The largest absolute Gasteiger partial charge is 0.380 e. The van der Waals surface area contributed by atoms with Crippen LogP contribution in [0.5, 0.6) is 0 Å². The molecule has 1 aliphatic rings. The van der Waals surface area contributed by atoms with Crippen LogP contribution in [0, 0.1) is 5.92 Å². The van der Waals surface area contributed by atoms with Crippen LogP contribution in [0.1, 0.15) is 39.0 Å². The lowest BCUT2D eigenvalue weighted by molar-refractivity contribution is -0.142. The predicted octanol–water partition coefficient (Wildman–Crippen LogP) is 0.803. The molecule has 3 N–H and O–H groups in total. The molecule has 2 atom stereocenters. The van der Waals surface area contributed by atoms with Crippen LogP contribution in [0.2, 0.25) is 0 Å². The molecule has 1 fully saturated rings. The summed E-state index contributed by atoms with van der Waals surface area (Å²) in [6, 6.07) is 0. The van der Waals surface area contributed by atoms with Crippen molar-refractivity contribution in [2.45, 2.75) is 44.6 Å². The Balaban J connectivity index is 2.75. The minimum atomic E-state index is -1.24. The van der Waals surface area contributed by atoms with Crippen molar-refractivity contribution in [2.75, 3.05) is 0 Å². The van der Waals surface area contributed by atoms with Crippen molar-refractivity contribution in [3.63, 3.8) is 0 Å². The van der Waals surface area contributed by atoms with Crippen molar-refractivity contribution in [2.24, 2.45) is 11.7 Å². The van der Waals surface area contributed by atoms with Crippen LogP contribution >= 0.6 is 0 Å². The number of nitrogens with two attached hydrogens (primary N) is 1. The number of aliphatic hydroxyl groups is 1. The first-order valence-electron chi connectivity index (χ1n) is 4.59. The highest BCUT2D eigenvalue weighted by molar-refractivity contribution is 5.83.